The van der Waals surface area contributed by atoms with Crippen molar-refractivity contribution in [1.82, 2.24) is 10.2 Å². The van der Waals surface area contributed by atoms with Crippen LogP contribution in [0.2, 0.25) is 0 Å². The number of unbranched alkanes of at least 4 members (excludes halogenated alkanes) is 2. The first-order valence-electron chi connectivity index (χ1n) is 7.76. The molecule has 1 aromatic rings. The van der Waals surface area contributed by atoms with Crippen molar-refractivity contribution < 1.29 is 5.11 Å². The van der Waals surface area contributed by atoms with Gasteiger partial charge in [-0.3, -0.25) is 4.90 Å². The summed E-state index contributed by atoms with van der Waals surface area (Å²) in [6.45, 7) is 6.54. The van der Waals surface area contributed by atoms with Gasteiger partial charge in [0.2, 0.25) is 0 Å². The van der Waals surface area contributed by atoms with Crippen LogP contribution in [0.25, 0.3) is 0 Å². The van der Waals surface area contributed by atoms with Crippen LogP contribution in [0.4, 0.5) is 0 Å². The largest absolute Gasteiger partial charge is 0.506 e. The maximum atomic E-state index is 9.92. The number of phenolic OH excluding ortho intramolecular Hbond substituents is 1. The van der Waals surface area contributed by atoms with Gasteiger partial charge in [-0.05, 0) is 56.0 Å². The predicted molar refractivity (Wildman–Crippen MR) is 109 cm³/mol. The van der Waals surface area contributed by atoms with E-state index in [1.807, 2.05) is 0 Å². The van der Waals surface area contributed by atoms with Gasteiger partial charge in [-0.1, -0.05) is 26.2 Å². The standard InChI is InChI=1S/C16H24Br2N2O.2ClH/c1-2-3-4-5-15(20-8-6-19-7-9-20)12-10-13(17)16(21)14(18)11-12;;/h10-11,15,19,21H,2-9H2,1H3;2*1H/t15-;;/m1../s1. The maximum absolute atomic E-state index is 9.92. The molecule has 2 rings (SSSR count). The summed E-state index contributed by atoms with van der Waals surface area (Å²) in [4.78, 5) is 2.57. The number of piperazine rings is 1. The highest BCUT2D eigenvalue weighted by Crippen LogP contribution is 2.37. The normalized spacial score (nSPS) is 16.3. The van der Waals surface area contributed by atoms with Crippen LogP contribution in [-0.4, -0.2) is 36.2 Å². The van der Waals surface area contributed by atoms with Crippen LogP contribution < -0.4 is 5.32 Å². The lowest BCUT2D eigenvalue weighted by Crippen LogP contribution is -2.45. The second kappa shape index (κ2) is 11.9. The van der Waals surface area contributed by atoms with Gasteiger partial charge in [0.25, 0.3) is 0 Å². The molecule has 1 heterocycles. The first-order valence-corrected chi connectivity index (χ1v) is 9.34. The summed E-state index contributed by atoms with van der Waals surface area (Å²) in [5.74, 6) is 0.284. The van der Waals surface area contributed by atoms with Crippen molar-refractivity contribution in [2.24, 2.45) is 0 Å². The van der Waals surface area contributed by atoms with E-state index < -0.39 is 0 Å². The minimum Gasteiger partial charge on any atom is -0.506 e. The first-order chi connectivity index (χ1) is 10.1. The van der Waals surface area contributed by atoms with Gasteiger partial charge in [0.05, 0.1) is 8.95 Å². The van der Waals surface area contributed by atoms with Crippen molar-refractivity contribution in [3.8, 4) is 5.75 Å². The summed E-state index contributed by atoms with van der Waals surface area (Å²) >= 11 is 6.92. The van der Waals surface area contributed by atoms with E-state index in [0.717, 1.165) is 35.1 Å². The molecular formula is C16H26Br2Cl2N2O. The summed E-state index contributed by atoms with van der Waals surface area (Å²) in [5, 5.41) is 13.3. The zero-order valence-electron chi connectivity index (χ0n) is 13.4. The Hall–Kier alpha value is 0.480. The molecule has 0 spiro atoms. The third kappa shape index (κ3) is 6.71. The third-order valence-electron chi connectivity index (χ3n) is 4.10. The van der Waals surface area contributed by atoms with E-state index in [2.05, 4.69) is 61.1 Å². The molecule has 0 amide bonds. The zero-order valence-corrected chi connectivity index (χ0v) is 18.2. The fourth-order valence-corrected chi connectivity index (χ4v) is 4.14. The van der Waals surface area contributed by atoms with Crippen molar-refractivity contribution in [1.29, 1.82) is 0 Å². The van der Waals surface area contributed by atoms with Crippen molar-refractivity contribution in [3.63, 3.8) is 0 Å². The molecule has 1 fully saturated rings. The molecule has 0 bridgehead atoms. The fourth-order valence-electron chi connectivity index (χ4n) is 2.92. The SMILES string of the molecule is CCCCC[C@H](c1cc(Br)c(O)c(Br)c1)N1CCNCC1.Cl.Cl. The van der Waals surface area contributed by atoms with Gasteiger partial charge < -0.3 is 10.4 Å². The number of nitrogens with one attached hydrogen (secondary N) is 1. The van der Waals surface area contributed by atoms with Crippen LogP contribution in [0, 0.1) is 0 Å². The minimum atomic E-state index is 0. The lowest BCUT2D eigenvalue weighted by atomic mass is 9.98. The second-order valence-electron chi connectivity index (χ2n) is 5.63. The second-order valence-corrected chi connectivity index (χ2v) is 7.34. The molecule has 1 saturated heterocycles. The summed E-state index contributed by atoms with van der Waals surface area (Å²) in [5.41, 5.74) is 1.28. The molecule has 0 saturated carbocycles. The average Bonchev–Trinajstić information content (AvgIpc) is 2.50. The summed E-state index contributed by atoms with van der Waals surface area (Å²) in [6.07, 6.45) is 4.96. The molecule has 23 heavy (non-hydrogen) atoms. The average molecular weight is 493 g/mol. The number of aromatic hydroxyl groups is 1. The molecular weight excluding hydrogens is 467 g/mol. The molecule has 134 valence electrons. The number of nitrogens with zero attached hydrogens (tertiary/aromatic N) is 1. The van der Waals surface area contributed by atoms with E-state index >= 15 is 0 Å². The minimum absolute atomic E-state index is 0. The van der Waals surface area contributed by atoms with E-state index in [1.54, 1.807) is 0 Å². The molecule has 7 heteroatoms. The highest BCUT2D eigenvalue weighted by Gasteiger charge is 2.23. The number of rotatable bonds is 6. The van der Waals surface area contributed by atoms with Gasteiger partial charge in [0, 0.05) is 32.2 Å². The van der Waals surface area contributed by atoms with Crippen LogP contribution in [0.5, 0.6) is 5.75 Å². The van der Waals surface area contributed by atoms with Crippen molar-refractivity contribution in [2.45, 2.75) is 38.6 Å². The molecule has 0 unspecified atom stereocenters. The van der Waals surface area contributed by atoms with Crippen molar-refractivity contribution in [2.75, 3.05) is 26.2 Å². The van der Waals surface area contributed by atoms with Crippen molar-refractivity contribution in [3.05, 3.63) is 26.6 Å². The highest BCUT2D eigenvalue weighted by molar-refractivity contribution is 9.11. The highest BCUT2D eigenvalue weighted by atomic mass is 79.9. The Morgan fingerprint density at radius 2 is 1.70 bits per heavy atom. The quantitative estimate of drug-likeness (QED) is 0.530. The van der Waals surface area contributed by atoms with E-state index in [4.69, 9.17) is 0 Å². The predicted octanol–water partition coefficient (Wildman–Crippen LogP) is 5.29. The fraction of sp³-hybridized carbons (Fsp3) is 0.625. The first kappa shape index (κ1) is 23.5. The third-order valence-corrected chi connectivity index (χ3v) is 5.31. The van der Waals surface area contributed by atoms with E-state index in [-0.39, 0.29) is 30.6 Å². The smallest absolute Gasteiger partial charge is 0.143 e. The van der Waals surface area contributed by atoms with E-state index in [1.165, 1.54) is 31.2 Å². The van der Waals surface area contributed by atoms with E-state index in [9.17, 15) is 5.11 Å². The van der Waals surface area contributed by atoms with Crippen LogP contribution in [0.3, 0.4) is 0 Å². The Labute approximate surface area is 168 Å². The molecule has 1 atom stereocenters. The van der Waals surface area contributed by atoms with Crippen LogP contribution >= 0.6 is 56.7 Å². The van der Waals surface area contributed by atoms with Gasteiger partial charge >= 0.3 is 0 Å². The maximum Gasteiger partial charge on any atom is 0.143 e. The zero-order chi connectivity index (χ0) is 15.2. The van der Waals surface area contributed by atoms with Crippen LogP contribution in [0.1, 0.15) is 44.2 Å². The number of hydrogen-bond acceptors (Lipinski definition) is 3. The summed E-state index contributed by atoms with van der Waals surface area (Å²) in [6, 6.07) is 4.57. The number of phenols is 1. The molecule has 0 aliphatic carbocycles. The Balaban J connectivity index is 0.00000242. The van der Waals surface area contributed by atoms with Crippen LogP contribution in [0.15, 0.2) is 21.1 Å². The molecule has 1 aliphatic heterocycles. The lowest BCUT2D eigenvalue weighted by molar-refractivity contribution is 0.162. The number of benzene rings is 1. The Morgan fingerprint density at radius 3 is 2.22 bits per heavy atom. The van der Waals surface area contributed by atoms with Gasteiger partial charge in [-0.2, -0.15) is 0 Å². The van der Waals surface area contributed by atoms with Gasteiger partial charge in [0.1, 0.15) is 5.75 Å². The molecule has 1 aromatic carbocycles. The van der Waals surface area contributed by atoms with Gasteiger partial charge in [0.15, 0.2) is 0 Å². The Kier molecular flexibility index (Phi) is 12.2. The summed E-state index contributed by atoms with van der Waals surface area (Å²) < 4.78 is 1.53. The van der Waals surface area contributed by atoms with Gasteiger partial charge in [-0.15, -0.1) is 24.8 Å². The van der Waals surface area contributed by atoms with Crippen molar-refractivity contribution >= 4 is 56.7 Å². The van der Waals surface area contributed by atoms with E-state index in [0.29, 0.717) is 6.04 Å². The molecule has 3 nitrogen and oxygen atoms in total. The molecule has 0 radical (unpaired) electrons. The molecule has 1 aliphatic rings. The summed E-state index contributed by atoms with van der Waals surface area (Å²) in [7, 11) is 0. The lowest BCUT2D eigenvalue weighted by Gasteiger charge is -2.35. The number of halogens is 4. The molecule has 0 aromatic heterocycles. The Bertz CT molecular complexity index is 448. The van der Waals surface area contributed by atoms with Gasteiger partial charge in [-0.25, -0.2) is 0 Å². The van der Waals surface area contributed by atoms with Crippen LogP contribution in [-0.2, 0) is 0 Å². The monoisotopic (exact) mass is 490 g/mol. The topological polar surface area (TPSA) is 35.5 Å². The Morgan fingerprint density at radius 1 is 1.13 bits per heavy atom. The number of hydrogen-bond donors (Lipinski definition) is 2. The molecule has 2 N–H and O–H groups in total.